The van der Waals surface area contributed by atoms with Gasteiger partial charge in [-0.05, 0) is 17.2 Å². The van der Waals surface area contributed by atoms with Crippen molar-refractivity contribution < 1.29 is 18.0 Å². The zero-order chi connectivity index (χ0) is 19.6. The lowest BCUT2D eigenvalue weighted by molar-refractivity contribution is -0.118. The Morgan fingerprint density at radius 3 is 2.56 bits per heavy atom. The highest BCUT2D eigenvalue weighted by Gasteiger charge is 2.33. The summed E-state index contributed by atoms with van der Waals surface area (Å²) in [6.07, 6.45) is 4.11. The molecule has 1 aliphatic heterocycles. The molecule has 9 heteroatoms. The van der Waals surface area contributed by atoms with E-state index in [0.717, 1.165) is 22.9 Å². The SMILES string of the molecule is CS(=O)(=O)C(CC1CC(c2ccc(-c3ccncc3Cl)cc2)=NO1)C(N)=O. The van der Waals surface area contributed by atoms with Gasteiger partial charge in [0.05, 0.1) is 10.7 Å². The first-order valence-corrected chi connectivity index (χ1v) is 10.5. The van der Waals surface area contributed by atoms with E-state index in [0.29, 0.717) is 17.2 Å². The molecule has 3 rings (SSSR count). The molecule has 0 saturated heterocycles. The van der Waals surface area contributed by atoms with Crippen LogP contribution in [0.5, 0.6) is 0 Å². The lowest BCUT2D eigenvalue weighted by Crippen LogP contribution is -2.38. The first kappa shape index (κ1) is 19.3. The van der Waals surface area contributed by atoms with Crippen LogP contribution in [0.2, 0.25) is 5.02 Å². The smallest absolute Gasteiger partial charge is 0.235 e. The molecule has 0 aliphatic carbocycles. The molecule has 0 spiro atoms. The topological polar surface area (TPSA) is 112 Å². The summed E-state index contributed by atoms with van der Waals surface area (Å²) in [5, 5.41) is 3.31. The number of halogens is 1. The fourth-order valence-electron chi connectivity index (χ4n) is 2.92. The number of sulfone groups is 1. The molecule has 1 amide bonds. The number of hydrogen-bond donors (Lipinski definition) is 1. The van der Waals surface area contributed by atoms with E-state index in [-0.39, 0.29) is 6.42 Å². The van der Waals surface area contributed by atoms with Crippen LogP contribution in [0.1, 0.15) is 18.4 Å². The van der Waals surface area contributed by atoms with Crippen molar-refractivity contribution in [3.8, 4) is 11.1 Å². The molecule has 2 N–H and O–H groups in total. The second-order valence-corrected chi connectivity index (χ2v) is 8.99. The van der Waals surface area contributed by atoms with Gasteiger partial charge in [-0.3, -0.25) is 9.78 Å². The Balaban J connectivity index is 1.70. The highest BCUT2D eigenvalue weighted by Crippen LogP contribution is 2.28. The number of rotatable bonds is 6. The Morgan fingerprint density at radius 1 is 1.30 bits per heavy atom. The molecule has 0 saturated carbocycles. The largest absolute Gasteiger partial charge is 0.392 e. The lowest BCUT2D eigenvalue weighted by Gasteiger charge is -2.14. The van der Waals surface area contributed by atoms with Gasteiger partial charge in [0.15, 0.2) is 9.84 Å². The minimum absolute atomic E-state index is 0.0220. The van der Waals surface area contributed by atoms with Crippen LogP contribution < -0.4 is 5.73 Å². The molecule has 2 atom stereocenters. The van der Waals surface area contributed by atoms with Crippen molar-refractivity contribution in [2.24, 2.45) is 10.9 Å². The summed E-state index contributed by atoms with van der Waals surface area (Å²) in [5.74, 6) is -0.881. The van der Waals surface area contributed by atoms with Gasteiger partial charge in [-0.2, -0.15) is 0 Å². The first-order valence-electron chi connectivity index (χ1n) is 8.17. The summed E-state index contributed by atoms with van der Waals surface area (Å²) in [6, 6.07) is 9.43. The molecule has 1 aromatic carbocycles. The van der Waals surface area contributed by atoms with Crippen LogP contribution in [0, 0.1) is 0 Å². The van der Waals surface area contributed by atoms with Gasteiger partial charge < -0.3 is 10.6 Å². The first-order chi connectivity index (χ1) is 12.8. The Bertz CT molecular complexity index is 990. The van der Waals surface area contributed by atoms with Crippen LogP contribution in [0.25, 0.3) is 11.1 Å². The second-order valence-electron chi connectivity index (χ2n) is 6.36. The average Bonchev–Trinajstić information content (AvgIpc) is 3.08. The summed E-state index contributed by atoms with van der Waals surface area (Å²) < 4.78 is 23.4. The van der Waals surface area contributed by atoms with Gasteiger partial charge in [0.2, 0.25) is 5.91 Å². The van der Waals surface area contributed by atoms with Crippen molar-refractivity contribution in [1.82, 2.24) is 4.98 Å². The maximum atomic E-state index is 11.7. The number of amides is 1. The Hall–Kier alpha value is -2.45. The third-order valence-electron chi connectivity index (χ3n) is 4.35. The highest BCUT2D eigenvalue weighted by molar-refractivity contribution is 7.92. The molecule has 7 nitrogen and oxygen atoms in total. The van der Waals surface area contributed by atoms with E-state index in [4.69, 9.17) is 22.2 Å². The van der Waals surface area contributed by atoms with Crippen molar-refractivity contribution in [3.05, 3.63) is 53.3 Å². The highest BCUT2D eigenvalue weighted by atomic mass is 35.5. The van der Waals surface area contributed by atoms with Crippen molar-refractivity contribution in [2.45, 2.75) is 24.2 Å². The van der Waals surface area contributed by atoms with Gasteiger partial charge in [0.1, 0.15) is 11.4 Å². The zero-order valence-electron chi connectivity index (χ0n) is 14.5. The number of pyridine rings is 1. The van der Waals surface area contributed by atoms with Crippen molar-refractivity contribution in [1.29, 1.82) is 0 Å². The molecule has 2 unspecified atom stereocenters. The number of carbonyl (C=O) groups is 1. The van der Waals surface area contributed by atoms with Gasteiger partial charge in [-0.1, -0.05) is 41.0 Å². The maximum absolute atomic E-state index is 11.7. The van der Waals surface area contributed by atoms with Gasteiger partial charge in [0.25, 0.3) is 0 Å². The summed E-state index contributed by atoms with van der Waals surface area (Å²) >= 11 is 6.16. The van der Waals surface area contributed by atoms with E-state index in [1.165, 1.54) is 0 Å². The van der Waals surface area contributed by atoms with Crippen molar-refractivity contribution in [3.63, 3.8) is 0 Å². The summed E-state index contributed by atoms with van der Waals surface area (Å²) in [4.78, 5) is 20.7. The molecule has 0 fully saturated rings. The Kier molecular flexibility index (Phi) is 5.48. The fourth-order valence-corrected chi connectivity index (χ4v) is 4.13. The number of benzene rings is 1. The number of carbonyl (C=O) groups excluding carboxylic acids is 1. The molecule has 1 aliphatic rings. The summed E-state index contributed by atoms with van der Waals surface area (Å²) in [6.45, 7) is 0. The van der Waals surface area contributed by atoms with Crippen molar-refractivity contribution >= 4 is 33.1 Å². The van der Waals surface area contributed by atoms with Gasteiger partial charge in [0, 0.05) is 37.1 Å². The van der Waals surface area contributed by atoms with Crippen molar-refractivity contribution in [2.75, 3.05) is 6.26 Å². The van der Waals surface area contributed by atoms with Gasteiger partial charge >= 0.3 is 0 Å². The van der Waals surface area contributed by atoms with E-state index in [1.54, 1.807) is 12.4 Å². The number of nitrogens with two attached hydrogens (primary N) is 1. The van der Waals surface area contributed by atoms with E-state index in [1.807, 2.05) is 30.3 Å². The quantitative estimate of drug-likeness (QED) is 0.788. The zero-order valence-corrected chi connectivity index (χ0v) is 16.1. The predicted molar refractivity (Wildman–Crippen MR) is 103 cm³/mol. The van der Waals surface area contributed by atoms with E-state index >= 15 is 0 Å². The number of oxime groups is 1. The van der Waals surface area contributed by atoms with Crippen LogP contribution in [0.4, 0.5) is 0 Å². The minimum atomic E-state index is -3.60. The monoisotopic (exact) mass is 407 g/mol. The van der Waals surface area contributed by atoms with Gasteiger partial charge in [-0.15, -0.1) is 0 Å². The maximum Gasteiger partial charge on any atom is 0.235 e. The van der Waals surface area contributed by atoms with Crippen LogP contribution >= 0.6 is 11.6 Å². The van der Waals surface area contributed by atoms with E-state index < -0.39 is 27.1 Å². The van der Waals surface area contributed by atoms with Crippen LogP contribution in [-0.2, 0) is 19.5 Å². The van der Waals surface area contributed by atoms with Crippen LogP contribution in [-0.4, -0.2) is 42.6 Å². The normalized spacial score (nSPS) is 17.9. The van der Waals surface area contributed by atoms with E-state index in [9.17, 15) is 13.2 Å². The summed E-state index contributed by atoms with van der Waals surface area (Å²) in [7, 11) is -3.60. The number of aromatic nitrogens is 1. The van der Waals surface area contributed by atoms with E-state index in [2.05, 4.69) is 10.1 Å². The lowest BCUT2D eigenvalue weighted by atomic mass is 9.99. The molecule has 27 heavy (non-hydrogen) atoms. The minimum Gasteiger partial charge on any atom is -0.392 e. The molecule has 2 heterocycles. The number of hydrogen-bond acceptors (Lipinski definition) is 6. The molecule has 0 bridgehead atoms. The molecule has 0 radical (unpaired) electrons. The van der Waals surface area contributed by atoms with Gasteiger partial charge in [-0.25, -0.2) is 8.42 Å². The predicted octanol–water partition coefficient (Wildman–Crippen LogP) is 2.18. The Morgan fingerprint density at radius 2 is 1.96 bits per heavy atom. The van der Waals surface area contributed by atoms with Crippen LogP contribution in [0.15, 0.2) is 47.9 Å². The molecular formula is C18H18ClN3O4S. The fraction of sp³-hybridized carbons (Fsp3) is 0.278. The third kappa shape index (κ3) is 4.45. The number of nitrogens with zero attached hydrogens (tertiary/aromatic N) is 2. The molecule has 1 aromatic heterocycles. The second kappa shape index (κ2) is 7.66. The summed E-state index contributed by atoms with van der Waals surface area (Å²) in [5.41, 5.74) is 8.55. The standard InChI is InChI=1S/C18H18ClN3O4S/c1-27(24,25)17(18(20)23)9-13-8-16(22-26-13)12-4-2-11(3-5-12)14-6-7-21-10-15(14)19/h2-7,10,13,17H,8-9H2,1H3,(H2,20,23). The average molecular weight is 408 g/mol. The number of primary amides is 1. The third-order valence-corrected chi connectivity index (χ3v) is 6.11. The van der Waals surface area contributed by atoms with Crippen LogP contribution in [0.3, 0.4) is 0 Å². The molecule has 142 valence electrons. The molecular weight excluding hydrogens is 390 g/mol. The Labute approximate surface area is 162 Å². The molecule has 2 aromatic rings.